The number of nitrogens with one attached hydrogen (secondary N) is 3. The molecule has 1 saturated carbocycles. The fraction of sp³-hybridized carbons (Fsp3) is 0.381. The van der Waals surface area contributed by atoms with Crippen molar-refractivity contribution in [2.24, 2.45) is 5.73 Å². The Hall–Kier alpha value is -3.11. The molecule has 1 fully saturated rings. The van der Waals surface area contributed by atoms with E-state index in [1.54, 1.807) is 0 Å². The van der Waals surface area contributed by atoms with Crippen molar-refractivity contribution in [1.29, 1.82) is 5.26 Å². The average Bonchev–Trinajstić information content (AvgIpc) is 3.06. The number of nitriles is 1. The van der Waals surface area contributed by atoms with Gasteiger partial charge in [0, 0.05) is 29.9 Å². The zero-order valence-corrected chi connectivity index (χ0v) is 15.9. The van der Waals surface area contributed by atoms with Gasteiger partial charge in [0.2, 0.25) is 0 Å². The highest BCUT2D eigenvalue weighted by Gasteiger charge is 2.31. The molecule has 1 aliphatic heterocycles. The third-order valence-electron chi connectivity index (χ3n) is 5.49. The Labute approximate surface area is 164 Å². The van der Waals surface area contributed by atoms with Crippen LogP contribution in [0.15, 0.2) is 24.3 Å². The van der Waals surface area contributed by atoms with Crippen molar-refractivity contribution in [2.75, 3.05) is 10.6 Å². The molecule has 0 bridgehead atoms. The summed E-state index contributed by atoms with van der Waals surface area (Å²) in [6.45, 7) is 2.33. The van der Waals surface area contributed by atoms with E-state index in [-0.39, 0.29) is 18.0 Å². The molecule has 1 amide bonds. The summed E-state index contributed by atoms with van der Waals surface area (Å²) in [6, 6.07) is 10.2. The Morgan fingerprint density at radius 2 is 2.11 bits per heavy atom. The van der Waals surface area contributed by atoms with Gasteiger partial charge in [0.1, 0.15) is 23.3 Å². The molecule has 7 nitrogen and oxygen atoms in total. The number of aromatic nitrogens is 1. The summed E-state index contributed by atoms with van der Waals surface area (Å²) in [6.07, 6.45) is 4.13. The van der Waals surface area contributed by atoms with Crippen LogP contribution in [0, 0.1) is 18.3 Å². The number of amides is 1. The first kappa shape index (κ1) is 18.3. The van der Waals surface area contributed by atoms with Crippen LogP contribution in [-0.2, 0) is 6.54 Å². The van der Waals surface area contributed by atoms with Crippen LogP contribution in [-0.4, -0.2) is 23.0 Å². The first-order chi connectivity index (χ1) is 13.6. The average molecular weight is 376 g/mol. The van der Waals surface area contributed by atoms with Crippen molar-refractivity contribution in [3.63, 3.8) is 0 Å². The minimum absolute atomic E-state index is 0.0308. The van der Waals surface area contributed by atoms with Crippen LogP contribution in [0.4, 0.5) is 17.3 Å². The van der Waals surface area contributed by atoms with Crippen LogP contribution in [0.3, 0.4) is 0 Å². The molecule has 5 N–H and O–H groups in total. The van der Waals surface area contributed by atoms with Gasteiger partial charge in [-0.1, -0.05) is 25.0 Å². The number of benzene rings is 1. The van der Waals surface area contributed by atoms with Crippen molar-refractivity contribution >= 4 is 23.2 Å². The fourth-order valence-electron chi connectivity index (χ4n) is 4.00. The van der Waals surface area contributed by atoms with E-state index in [1.807, 2.05) is 31.2 Å². The number of nitrogens with two attached hydrogens (primary N) is 1. The van der Waals surface area contributed by atoms with E-state index in [2.05, 4.69) is 27.0 Å². The molecule has 2 unspecified atom stereocenters. The Kier molecular flexibility index (Phi) is 4.88. The Morgan fingerprint density at radius 1 is 1.29 bits per heavy atom. The second kappa shape index (κ2) is 7.49. The molecule has 1 aliphatic carbocycles. The highest BCUT2D eigenvalue weighted by molar-refractivity contribution is 6.04. The van der Waals surface area contributed by atoms with Gasteiger partial charge in [-0.05, 0) is 37.5 Å². The van der Waals surface area contributed by atoms with E-state index in [9.17, 15) is 10.1 Å². The largest absolute Gasteiger partial charge is 0.365 e. The first-order valence-corrected chi connectivity index (χ1v) is 9.68. The van der Waals surface area contributed by atoms with Gasteiger partial charge in [-0.25, -0.2) is 4.98 Å². The molecule has 2 heterocycles. The predicted molar refractivity (Wildman–Crippen MR) is 108 cm³/mol. The van der Waals surface area contributed by atoms with E-state index in [1.165, 1.54) is 0 Å². The lowest BCUT2D eigenvalue weighted by Crippen LogP contribution is -2.43. The maximum Gasteiger partial charge on any atom is 0.255 e. The van der Waals surface area contributed by atoms with Gasteiger partial charge in [-0.3, -0.25) is 4.79 Å². The maximum atomic E-state index is 12.4. The van der Waals surface area contributed by atoms with Gasteiger partial charge < -0.3 is 21.7 Å². The van der Waals surface area contributed by atoms with Crippen molar-refractivity contribution < 1.29 is 4.79 Å². The third kappa shape index (κ3) is 3.39. The zero-order chi connectivity index (χ0) is 19.7. The van der Waals surface area contributed by atoms with Gasteiger partial charge in [0.25, 0.3) is 5.91 Å². The number of hydrogen-bond acceptors (Lipinski definition) is 6. The lowest BCUT2D eigenvalue weighted by Gasteiger charge is -2.30. The van der Waals surface area contributed by atoms with Crippen molar-refractivity contribution in [3.05, 3.63) is 46.5 Å². The number of anilines is 3. The van der Waals surface area contributed by atoms with Crippen LogP contribution < -0.4 is 21.7 Å². The molecule has 0 spiro atoms. The van der Waals surface area contributed by atoms with Gasteiger partial charge >= 0.3 is 0 Å². The third-order valence-corrected chi connectivity index (χ3v) is 5.49. The van der Waals surface area contributed by atoms with E-state index in [0.29, 0.717) is 34.9 Å². The molecule has 2 aromatic rings. The molecule has 7 heteroatoms. The van der Waals surface area contributed by atoms with Gasteiger partial charge in [0.15, 0.2) is 0 Å². The molecule has 144 valence electrons. The standard InChI is InChI=1S/C21H24N6O/c1-12-5-4-6-13(9-12)25-20-18-15(11-24-21(18)28)14(10-22)19(27-20)26-17-8-3-2-7-16(17)23/h4-6,9,16-17H,2-3,7-8,11,23H2,1H3,(H,24,28)(H2,25,26,27). The molecule has 2 atom stereocenters. The number of hydrogen-bond donors (Lipinski definition) is 4. The lowest BCUT2D eigenvalue weighted by atomic mass is 9.91. The molecular formula is C21H24N6O. The van der Waals surface area contributed by atoms with E-state index < -0.39 is 0 Å². The Morgan fingerprint density at radius 3 is 2.86 bits per heavy atom. The molecule has 0 radical (unpaired) electrons. The van der Waals surface area contributed by atoms with Gasteiger partial charge in [-0.2, -0.15) is 5.26 Å². The van der Waals surface area contributed by atoms with E-state index in [0.717, 1.165) is 36.9 Å². The first-order valence-electron chi connectivity index (χ1n) is 9.68. The van der Waals surface area contributed by atoms with Crippen molar-refractivity contribution in [2.45, 2.75) is 51.2 Å². The summed E-state index contributed by atoms with van der Waals surface area (Å²) in [5.41, 5.74) is 9.77. The second-order valence-electron chi connectivity index (χ2n) is 7.53. The van der Waals surface area contributed by atoms with Crippen molar-refractivity contribution in [1.82, 2.24) is 10.3 Å². The van der Waals surface area contributed by atoms with Gasteiger partial charge in [0.05, 0.1) is 5.56 Å². The second-order valence-corrected chi connectivity index (χ2v) is 7.53. The smallest absolute Gasteiger partial charge is 0.255 e. The SMILES string of the molecule is Cc1cccc(Nc2nc(NC3CCCCC3N)c(C#N)c3c2C(=O)NC3)c1. The molecule has 1 aromatic carbocycles. The molecule has 28 heavy (non-hydrogen) atoms. The monoisotopic (exact) mass is 376 g/mol. The minimum Gasteiger partial charge on any atom is -0.365 e. The molecule has 4 rings (SSSR count). The quantitative estimate of drug-likeness (QED) is 0.652. The minimum atomic E-state index is -0.213. The fourth-order valence-corrected chi connectivity index (χ4v) is 4.00. The number of rotatable bonds is 4. The summed E-state index contributed by atoms with van der Waals surface area (Å²) in [5, 5.41) is 19.2. The van der Waals surface area contributed by atoms with Crippen LogP contribution in [0.25, 0.3) is 0 Å². The van der Waals surface area contributed by atoms with Crippen molar-refractivity contribution in [3.8, 4) is 6.07 Å². The molecular weight excluding hydrogens is 352 g/mol. The number of nitrogens with zero attached hydrogens (tertiary/aromatic N) is 2. The normalized spacial score (nSPS) is 20.8. The molecule has 2 aliphatic rings. The lowest BCUT2D eigenvalue weighted by molar-refractivity contribution is 0.0966. The number of carbonyl (C=O) groups is 1. The highest BCUT2D eigenvalue weighted by Crippen LogP contribution is 2.33. The van der Waals surface area contributed by atoms with Crippen LogP contribution in [0.5, 0.6) is 0 Å². The topological polar surface area (TPSA) is 116 Å². The van der Waals surface area contributed by atoms with E-state index in [4.69, 9.17) is 5.73 Å². The summed E-state index contributed by atoms with van der Waals surface area (Å²) in [4.78, 5) is 17.1. The summed E-state index contributed by atoms with van der Waals surface area (Å²) < 4.78 is 0. The number of aryl methyl sites for hydroxylation is 1. The molecule has 0 saturated heterocycles. The number of carbonyl (C=O) groups excluding carboxylic acids is 1. The highest BCUT2D eigenvalue weighted by atomic mass is 16.1. The number of fused-ring (bicyclic) bond motifs is 1. The van der Waals surface area contributed by atoms with Crippen LogP contribution >= 0.6 is 0 Å². The molecule has 1 aromatic heterocycles. The predicted octanol–water partition coefficient (Wildman–Crippen LogP) is 2.93. The Bertz CT molecular complexity index is 964. The van der Waals surface area contributed by atoms with Gasteiger partial charge in [-0.15, -0.1) is 0 Å². The van der Waals surface area contributed by atoms with Crippen LogP contribution in [0.1, 0.15) is 52.7 Å². The summed E-state index contributed by atoms with van der Waals surface area (Å²) >= 11 is 0. The van der Waals surface area contributed by atoms with E-state index >= 15 is 0 Å². The Balaban J connectivity index is 1.76. The number of pyridine rings is 1. The van der Waals surface area contributed by atoms with Crippen LogP contribution in [0.2, 0.25) is 0 Å². The maximum absolute atomic E-state index is 12.4. The summed E-state index contributed by atoms with van der Waals surface area (Å²) in [7, 11) is 0. The summed E-state index contributed by atoms with van der Waals surface area (Å²) in [5.74, 6) is 0.742. The zero-order valence-electron chi connectivity index (χ0n) is 15.9.